The summed E-state index contributed by atoms with van der Waals surface area (Å²) in [5.74, 6) is -0.202. The lowest BCUT2D eigenvalue weighted by atomic mass is 10.3. The van der Waals surface area contributed by atoms with Gasteiger partial charge in [-0.05, 0) is 36.4 Å². The summed E-state index contributed by atoms with van der Waals surface area (Å²) in [5.41, 5.74) is 6.36. The van der Waals surface area contributed by atoms with E-state index >= 15 is 0 Å². The molecule has 26 heavy (non-hydrogen) atoms. The van der Waals surface area contributed by atoms with E-state index in [0.29, 0.717) is 15.9 Å². The van der Waals surface area contributed by atoms with Crippen molar-refractivity contribution in [3.05, 3.63) is 53.6 Å². The van der Waals surface area contributed by atoms with Crippen molar-refractivity contribution in [2.45, 2.75) is 5.16 Å². The first-order valence-corrected chi connectivity index (χ1v) is 9.00. The van der Waals surface area contributed by atoms with E-state index in [1.165, 1.54) is 11.8 Å². The number of hydrogen-bond acceptors (Lipinski definition) is 5. The second-order valence-electron chi connectivity index (χ2n) is 5.19. The highest BCUT2D eigenvalue weighted by Crippen LogP contribution is 2.18. The summed E-state index contributed by atoms with van der Waals surface area (Å²) in [6.45, 7) is -0.224. The van der Waals surface area contributed by atoms with Crippen molar-refractivity contribution in [2.75, 3.05) is 12.4 Å². The molecule has 2 amide bonds. The van der Waals surface area contributed by atoms with Gasteiger partial charge in [-0.1, -0.05) is 35.5 Å². The fourth-order valence-corrected chi connectivity index (χ4v) is 2.83. The molecule has 0 fully saturated rings. The lowest BCUT2D eigenvalue weighted by Gasteiger charge is -2.08. The highest BCUT2D eigenvalue weighted by molar-refractivity contribution is 7.99. The summed E-state index contributed by atoms with van der Waals surface area (Å²) >= 11 is 7.01. The number of H-pyrrole nitrogens is 1. The summed E-state index contributed by atoms with van der Waals surface area (Å²) in [6, 6.07) is 14.2. The lowest BCUT2D eigenvalue weighted by molar-refractivity contribution is -0.128. The number of nitrogens with zero attached hydrogens (tertiary/aromatic N) is 1. The van der Waals surface area contributed by atoms with Crippen LogP contribution < -0.4 is 15.6 Å². The quantitative estimate of drug-likeness (QED) is 0.444. The molecule has 0 aliphatic rings. The Labute approximate surface area is 158 Å². The van der Waals surface area contributed by atoms with Crippen LogP contribution in [0.3, 0.4) is 0 Å². The maximum Gasteiger partial charge on any atom is 0.276 e. The summed E-state index contributed by atoms with van der Waals surface area (Å²) in [6.07, 6.45) is 0. The molecule has 0 aliphatic heterocycles. The highest BCUT2D eigenvalue weighted by Gasteiger charge is 2.08. The zero-order valence-corrected chi connectivity index (χ0v) is 15.1. The van der Waals surface area contributed by atoms with Gasteiger partial charge in [0.15, 0.2) is 11.8 Å². The number of ether oxygens (including phenoxy) is 1. The van der Waals surface area contributed by atoms with Crippen molar-refractivity contribution < 1.29 is 14.3 Å². The smallest absolute Gasteiger partial charge is 0.276 e. The molecule has 3 rings (SSSR count). The molecular weight excluding hydrogens is 376 g/mol. The summed E-state index contributed by atoms with van der Waals surface area (Å²) in [7, 11) is 0. The number of aromatic amines is 1. The van der Waals surface area contributed by atoms with Crippen LogP contribution in [-0.2, 0) is 9.59 Å². The molecule has 2 aromatic carbocycles. The average molecular weight is 391 g/mol. The van der Waals surface area contributed by atoms with Crippen LogP contribution in [0, 0.1) is 0 Å². The van der Waals surface area contributed by atoms with Gasteiger partial charge in [-0.15, -0.1) is 0 Å². The van der Waals surface area contributed by atoms with Gasteiger partial charge in [0.2, 0.25) is 5.91 Å². The molecule has 1 heterocycles. The molecule has 3 aromatic rings. The zero-order valence-electron chi connectivity index (χ0n) is 13.5. The summed E-state index contributed by atoms with van der Waals surface area (Å²) in [4.78, 5) is 31.0. The van der Waals surface area contributed by atoms with Crippen LogP contribution in [0.4, 0.5) is 0 Å². The molecular formula is C17H15ClN4O3S. The number of halogens is 1. The predicted molar refractivity (Wildman–Crippen MR) is 100 cm³/mol. The maximum atomic E-state index is 11.8. The number of benzene rings is 2. The highest BCUT2D eigenvalue weighted by atomic mass is 35.5. The Kier molecular flexibility index (Phi) is 5.98. The van der Waals surface area contributed by atoms with Gasteiger partial charge in [0.05, 0.1) is 16.8 Å². The number of hydrazine groups is 1. The predicted octanol–water partition coefficient (Wildman–Crippen LogP) is 2.53. The third-order valence-corrected chi connectivity index (χ3v) is 4.36. The van der Waals surface area contributed by atoms with E-state index in [4.69, 9.17) is 16.3 Å². The molecule has 3 N–H and O–H groups in total. The first-order valence-electron chi connectivity index (χ1n) is 7.64. The number of para-hydroxylation sites is 2. The van der Waals surface area contributed by atoms with E-state index < -0.39 is 5.91 Å². The first-order chi connectivity index (χ1) is 12.6. The number of amides is 2. The SMILES string of the molecule is O=C(COc1ccc(Cl)cc1)NNC(=O)CSc1nc2ccccc2[nH]1. The van der Waals surface area contributed by atoms with E-state index in [-0.39, 0.29) is 18.3 Å². The number of rotatable bonds is 6. The van der Waals surface area contributed by atoms with Gasteiger partial charge in [-0.25, -0.2) is 4.98 Å². The van der Waals surface area contributed by atoms with E-state index in [1.807, 2.05) is 24.3 Å². The largest absolute Gasteiger partial charge is 0.484 e. The van der Waals surface area contributed by atoms with Crippen LogP contribution in [0.15, 0.2) is 53.7 Å². The Bertz CT molecular complexity index is 881. The van der Waals surface area contributed by atoms with E-state index in [1.54, 1.807) is 24.3 Å². The molecule has 0 aliphatic carbocycles. The first kappa shape index (κ1) is 18.1. The van der Waals surface area contributed by atoms with E-state index in [0.717, 1.165) is 11.0 Å². The molecule has 9 heteroatoms. The van der Waals surface area contributed by atoms with Crippen LogP contribution in [0.5, 0.6) is 5.75 Å². The molecule has 1 aromatic heterocycles. The third-order valence-electron chi connectivity index (χ3n) is 3.23. The minimum atomic E-state index is -0.470. The number of fused-ring (bicyclic) bond motifs is 1. The zero-order chi connectivity index (χ0) is 18.4. The number of imidazole rings is 1. The Balaban J connectivity index is 1.37. The maximum absolute atomic E-state index is 11.8. The van der Waals surface area contributed by atoms with Gasteiger partial charge in [-0.2, -0.15) is 0 Å². The minimum absolute atomic E-state index is 0.109. The fraction of sp³-hybridized carbons (Fsp3) is 0.118. The molecule has 0 bridgehead atoms. The molecule has 7 nitrogen and oxygen atoms in total. The second-order valence-corrected chi connectivity index (χ2v) is 6.59. The molecule has 0 unspecified atom stereocenters. The number of carbonyl (C=O) groups excluding carboxylic acids is 2. The van der Waals surface area contributed by atoms with Crippen LogP contribution in [0.1, 0.15) is 0 Å². The minimum Gasteiger partial charge on any atom is -0.484 e. The number of carbonyl (C=O) groups is 2. The van der Waals surface area contributed by atoms with Crippen molar-refractivity contribution in [3.8, 4) is 5.75 Å². The van der Waals surface area contributed by atoms with E-state index in [2.05, 4.69) is 20.8 Å². The van der Waals surface area contributed by atoms with E-state index in [9.17, 15) is 9.59 Å². The van der Waals surface area contributed by atoms with Crippen LogP contribution >= 0.6 is 23.4 Å². The van der Waals surface area contributed by atoms with Gasteiger partial charge in [0.1, 0.15) is 5.75 Å². The van der Waals surface area contributed by atoms with Gasteiger partial charge in [0, 0.05) is 5.02 Å². The van der Waals surface area contributed by atoms with Gasteiger partial charge in [-0.3, -0.25) is 20.4 Å². The normalized spacial score (nSPS) is 10.5. The average Bonchev–Trinajstić information content (AvgIpc) is 3.07. The standard InChI is InChI=1S/C17H15ClN4O3S/c18-11-5-7-12(8-6-11)25-9-15(23)21-22-16(24)10-26-17-19-13-3-1-2-4-14(13)20-17/h1-8H,9-10H2,(H,19,20)(H,21,23)(H,22,24). The Morgan fingerprint density at radius 2 is 1.81 bits per heavy atom. The van der Waals surface area contributed by atoms with Crippen molar-refractivity contribution in [1.82, 2.24) is 20.8 Å². The fourth-order valence-electron chi connectivity index (χ4n) is 2.02. The van der Waals surface area contributed by atoms with Gasteiger partial charge < -0.3 is 9.72 Å². The second kappa shape index (κ2) is 8.59. The lowest BCUT2D eigenvalue weighted by Crippen LogP contribution is -2.44. The molecule has 0 radical (unpaired) electrons. The van der Waals surface area contributed by atoms with Crippen molar-refractivity contribution in [1.29, 1.82) is 0 Å². The summed E-state index contributed by atoms with van der Waals surface area (Å²) < 4.78 is 5.28. The molecule has 134 valence electrons. The Morgan fingerprint density at radius 3 is 2.58 bits per heavy atom. The topological polar surface area (TPSA) is 96.1 Å². The number of nitrogens with one attached hydrogen (secondary N) is 3. The third kappa shape index (κ3) is 5.14. The number of hydrogen-bond donors (Lipinski definition) is 3. The van der Waals surface area contributed by atoms with Crippen LogP contribution in [0.25, 0.3) is 11.0 Å². The molecule has 0 atom stereocenters. The van der Waals surface area contributed by atoms with Crippen LogP contribution in [-0.4, -0.2) is 34.1 Å². The Hall–Kier alpha value is -2.71. The number of aromatic nitrogens is 2. The number of thioether (sulfide) groups is 1. The molecule has 0 saturated carbocycles. The monoisotopic (exact) mass is 390 g/mol. The van der Waals surface area contributed by atoms with Crippen LogP contribution in [0.2, 0.25) is 5.02 Å². The van der Waals surface area contributed by atoms with Gasteiger partial charge >= 0.3 is 0 Å². The van der Waals surface area contributed by atoms with Gasteiger partial charge in [0.25, 0.3) is 5.91 Å². The Morgan fingerprint density at radius 1 is 1.08 bits per heavy atom. The van der Waals surface area contributed by atoms with Crippen molar-refractivity contribution in [2.24, 2.45) is 0 Å². The van der Waals surface area contributed by atoms with Crippen molar-refractivity contribution >= 4 is 46.2 Å². The molecule has 0 saturated heterocycles. The van der Waals surface area contributed by atoms with Crippen molar-refractivity contribution in [3.63, 3.8) is 0 Å². The summed E-state index contributed by atoms with van der Waals surface area (Å²) in [5, 5.41) is 1.22. The molecule has 0 spiro atoms.